The highest BCUT2D eigenvalue weighted by Crippen LogP contribution is 2.68. The number of fused-ring (bicyclic) bond motifs is 5. The van der Waals surface area contributed by atoms with E-state index in [0.29, 0.717) is 29.0 Å². The lowest BCUT2D eigenvalue weighted by molar-refractivity contribution is -0.188. The van der Waals surface area contributed by atoms with Crippen LogP contribution >= 0.6 is 0 Å². The Morgan fingerprint density at radius 1 is 1.04 bits per heavy atom. The second-order valence-corrected chi connectivity index (χ2v) is 10.9. The zero-order valence-electron chi connectivity index (χ0n) is 17.4. The van der Waals surface area contributed by atoms with Gasteiger partial charge in [-0.25, -0.2) is 0 Å². The molecule has 4 saturated carbocycles. The first-order valence-corrected chi connectivity index (χ1v) is 10.9. The molecule has 0 bridgehead atoms. The Morgan fingerprint density at radius 2 is 1.74 bits per heavy atom. The van der Waals surface area contributed by atoms with Crippen molar-refractivity contribution in [2.45, 2.75) is 98.2 Å². The lowest BCUT2D eigenvalue weighted by atomic mass is 9.43. The minimum Gasteiger partial charge on any atom is -0.390 e. The zero-order valence-corrected chi connectivity index (χ0v) is 17.4. The Bertz CT molecular complexity index is 584. The van der Waals surface area contributed by atoms with Crippen molar-refractivity contribution in [3.8, 4) is 0 Å². The van der Waals surface area contributed by atoms with Gasteiger partial charge in [0, 0.05) is 18.4 Å². The molecule has 0 amide bonds. The van der Waals surface area contributed by atoms with Crippen molar-refractivity contribution < 1.29 is 14.6 Å². The Labute approximate surface area is 166 Å². The molecule has 1 N–H and O–H groups in total. The molecule has 0 unspecified atom stereocenters. The van der Waals surface area contributed by atoms with Crippen molar-refractivity contribution in [2.75, 3.05) is 7.11 Å². The largest absolute Gasteiger partial charge is 0.390 e. The molecule has 0 aromatic rings. The fourth-order valence-corrected chi connectivity index (χ4v) is 8.38. The number of rotatable bonds is 2. The smallest absolute Gasteiger partial charge is 0.133 e. The van der Waals surface area contributed by atoms with Crippen LogP contribution in [0.5, 0.6) is 0 Å². The van der Waals surface area contributed by atoms with E-state index in [1.807, 2.05) is 14.0 Å². The van der Waals surface area contributed by atoms with Crippen molar-refractivity contribution in [3.05, 3.63) is 0 Å². The summed E-state index contributed by atoms with van der Waals surface area (Å²) < 4.78 is 6.10. The number of hydrogen-bond donors (Lipinski definition) is 1. The number of carbonyl (C=O) groups excluding carboxylic acids is 1. The van der Waals surface area contributed by atoms with Gasteiger partial charge < -0.3 is 9.84 Å². The van der Waals surface area contributed by atoms with Crippen LogP contribution in [0.25, 0.3) is 0 Å². The first-order chi connectivity index (χ1) is 12.1. The monoisotopic (exact) mass is 378 g/mol. The van der Waals surface area contributed by atoms with Crippen molar-refractivity contribution >= 4 is 5.78 Å². The Morgan fingerprint density at radius 3 is 2.37 bits per heavy atom. The van der Waals surface area contributed by atoms with E-state index in [0.717, 1.165) is 38.0 Å². The fraction of sp³-hybridized carbons (Fsp3) is 0.958. The Balaban J connectivity index is 0.00000210. The van der Waals surface area contributed by atoms with Gasteiger partial charge in [-0.15, -0.1) is 0 Å². The molecular formula is C24H42O3. The average molecular weight is 379 g/mol. The molecule has 4 aliphatic rings. The van der Waals surface area contributed by atoms with Gasteiger partial charge in [0.1, 0.15) is 5.78 Å². The normalized spacial score (nSPS) is 54.3. The van der Waals surface area contributed by atoms with Crippen molar-refractivity contribution in [1.82, 2.24) is 0 Å². The maximum absolute atomic E-state index is 12.4. The second kappa shape index (κ2) is 6.83. The van der Waals surface area contributed by atoms with Gasteiger partial charge in [0.05, 0.1) is 11.7 Å². The van der Waals surface area contributed by atoms with E-state index < -0.39 is 5.60 Å². The minimum absolute atomic E-state index is 0. The predicted molar refractivity (Wildman–Crippen MR) is 109 cm³/mol. The van der Waals surface area contributed by atoms with Crippen LogP contribution in [0.15, 0.2) is 0 Å². The van der Waals surface area contributed by atoms with E-state index in [1.54, 1.807) is 6.92 Å². The third kappa shape index (κ3) is 2.94. The molecule has 27 heavy (non-hydrogen) atoms. The summed E-state index contributed by atoms with van der Waals surface area (Å²) in [5.41, 5.74) is -0.128. The molecule has 0 aliphatic heterocycles. The van der Waals surface area contributed by atoms with Crippen LogP contribution < -0.4 is 0 Å². The average Bonchev–Trinajstić information content (AvgIpc) is 2.93. The molecule has 3 nitrogen and oxygen atoms in total. The zero-order chi connectivity index (χ0) is 18.9. The van der Waals surface area contributed by atoms with E-state index in [9.17, 15) is 9.90 Å². The van der Waals surface area contributed by atoms with Gasteiger partial charge in [-0.1, -0.05) is 21.3 Å². The quantitative estimate of drug-likeness (QED) is 0.714. The second-order valence-electron chi connectivity index (χ2n) is 10.9. The maximum Gasteiger partial charge on any atom is 0.133 e. The van der Waals surface area contributed by atoms with E-state index in [2.05, 4.69) is 13.8 Å². The molecule has 156 valence electrons. The van der Waals surface area contributed by atoms with Crippen LogP contribution in [0.2, 0.25) is 0 Å². The van der Waals surface area contributed by atoms with E-state index in [-0.39, 0.29) is 24.9 Å². The number of hydrogen-bond acceptors (Lipinski definition) is 3. The number of methoxy groups -OCH3 is 1. The molecule has 0 aromatic carbocycles. The van der Waals surface area contributed by atoms with Gasteiger partial charge in [0.25, 0.3) is 0 Å². The highest BCUT2D eigenvalue weighted by Gasteiger charge is 2.64. The van der Waals surface area contributed by atoms with Gasteiger partial charge in [0.2, 0.25) is 0 Å². The van der Waals surface area contributed by atoms with Gasteiger partial charge >= 0.3 is 0 Å². The number of ketones is 1. The summed E-state index contributed by atoms with van der Waals surface area (Å²) >= 11 is 0. The van der Waals surface area contributed by atoms with Gasteiger partial charge in [0.15, 0.2) is 0 Å². The SMILES string of the molecule is C.CO[C@H]1C[C@H]2[C@@H](CC[C@H]3C[C@](C)(O)CC[C@@]32C)[C@@H]2CC[C@H](C(C)=O)[C@@]12C. The fourth-order valence-electron chi connectivity index (χ4n) is 8.38. The van der Waals surface area contributed by atoms with Crippen LogP contribution in [0.3, 0.4) is 0 Å². The molecule has 0 aromatic heterocycles. The molecular weight excluding hydrogens is 336 g/mol. The summed E-state index contributed by atoms with van der Waals surface area (Å²) in [5.74, 6) is 3.23. The summed E-state index contributed by atoms with van der Waals surface area (Å²) in [7, 11) is 1.86. The van der Waals surface area contributed by atoms with Crippen molar-refractivity contribution in [1.29, 1.82) is 0 Å². The van der Waals surface area contributed by atoms with Crippen LogP contribution in [0.4, 0.5) is 0 Å². The lowest BCUT2D eigenvalue weighted by Gasteiger charge is -2.63. The molecule has 0 radical (unpaired) electrons. The van der Waals surface area contributed by atoms with Crippen LogP contribution in [0, 0.1) is 40.4 Å². The van der Waals surface area contributed by atoms with Crippen molar-refractivity contribution in [2.24, 2.45) is 40.4 Å². The number of ether oxygens (including phenoxy) is 1. The van der Waals surface area contributed by atoms with E-state index in [4.69, 9.17) is 4.74 Å². The topological polar surface area (TPSA) is 46.5 Å². The third-order valence-corrected chi connectivity index (χ3v) is 9.80. The first-order valence-electron chi connectivity index (χ1n) is 10.9. The molecule has 4 fully saturated rings. The summed E-state index contributed by atoms with van der Waals surface area (Å²) in [6.45, 7) is 8.69. The highest BCUT2D eigenvalue weighted by atomic mass is 16.5. The third-order valence-electron chi connectivity index (χ3n) is 9.80. The maximum atomic E-state index is 12.4. The van der Waals surface area contributed by atoms with Gasteiger partial charge in [-0.3, -0.25) is 4.79 Å². The summed E-state index contributed by atoms with van der Waals surface area (Å²) in [5, 5.41) is 10.6. The standard InChI is InChI=1S/C23H38O3.CH4/c1-14(24)17-8-9-18-16-7-6-15-13-21(2,25)10-11-22(15,3)19(16)12-20(26-5)23(17,18)4;/h15-20,25H,6-13H2,1-5H3;1H4/t15-,16-,17+,18-,19-,20-,21+,22-,23+;/m0./s1. The Hall–Kier alpha value is -0.410. The number of aliphatic hydroxyl groups is 1. The van der Waals surface area contributed by atoms with Crippen LogP contribution in [0.1, 0.15) is 86.5 Å². The summed E-state index contributed by atoms with van der Waals surface area (Å²) in [6.07, 6.45) is 9.11. The van der Waals surface area contributed by atoms with Crippen molar-refractivity contribution in [3.63, 3.8) is 0 Å². The van der Waals surface area contributed by atoms with E-state index >= 15 is 0 Å². The Kier molecular flexibility index (Phi) is 5.39. The lowest BCUT2D eigenvalue weighted by Crippen LogP contribution is -2.60. The summed E-state index contributed by atoms with van der Waals surface area (Å²) in [6, 6.07) is 0. The predicted octanol–water partition coefficient (Wildman–Crippen LogP) is 5.25. The minimum atomic E-state index is -0.478. The van der Waals surface area contributed by atoms with Gasteiger partial charge in [-0.2, -0.15) is 0 Å². The molecule has 3 heteroatoms. The van der Waals surface area contributed by atoms with E-state index in [1.165, 1.54) is 19.3 Å². The highest BCUT2D eigenvalue weighted by molar-refractivity contribution is 5.79. The van der Waals surface area contributed by atoms with Crippen LogP contribution in [-0.4, -0.2) is 29.7 Å². The number of carbonyl (C=O) groups is 1. The molecule has 0 spiro atoms. The molecule has 4 aliphatic carbocycles. The molecule has 0 heterocycles. The molecule has 0 saturated heterocycles. The van der Waals surface area contributed by atoms with Gasteiger partial charge in [-0.05, 0) is 94.3 Å². The first kappa shape index (κ1) is 21.3. The summed E-state index contributed by atoms with van der Waals surface area (Å²) in [4.78, 5) is 12.4. The number of Topliss-reactive ketones (excluding diaryl/α,β-unsaturated/α-hetero) is 1. The van der Waals surface area contributed by atoms with Crippen LogP contribution in [-0.2, 0) is 9.53 Å². The molecule has 9 atom stereocenters. The molecule has 4 rings (SSSR count).